The van der Waals surface area contributed by atoms with E-state index < -0.39 is 23.9 Å². The van der Waals surface area contributed by atoms with Gasteiger partial charge in [-0.15, -0.1) is 0 Å². The van der Waals surface area contributed by atoms with Gasteiger partial charge in [-0.25, -0.2) is 0 Å². The Bertz CT molecular complexity index is 1700. The Balaban J connectivity index is 1.31. The number of aromatic nitrogens is 1. The summed E-state index contributed by atoms with van der Waals surface area (Å²) in [4.78, 5) is 57.2. The molecule has 2 unspecified atom stereocenters. The Labute approximate surface area is 266 Å². The molecule has 1 aliphatic rings. The van der Waals surface area contributed by atoms with Crippen LogP contribution in [0.3, 0.4) is 0 Å². The van der Waals surface area contributed by atoms with Crippen molar-refractivity contribution in [3.63, 3.8) is 0 Å². The highest BCUT2D eigenvalue weighted by Gasteiger charge is 2.34. The summed E-state index contributed by atoms with van der Waals surface area (Å²) in [7, 11) is 4.52. The summed E-state index contributed by atoms with van der Waals surface area (Å²) in [6.45, 7) is -0.512. The molecule has 0 aliphatic carbocycles. The average molecular weight is 628 g/mol. The lowest BCUT2D eigenvalue weighted by Gasteiger charge is -2.32. The van der Waals surface area contributed by atoms with E-state index in [1.807, 2.05) is 60.8 Å². The Morgan fingerprint density at radius 2 is 1.63 bits per heavy atom. The number of ether oxygens (including phenoxy) is 3. The fourth-order valence-corrected chi connectivity index (χ4v) is 5.59. The van der Waals surface area contributed by atoms with Crippen LogP contribution in [-0.4, -0.2) is 80.0 Å². The molecule has 0 radical (unpaired) electrons. The zero-order chi connectivity index (χ0) is 32.6. The zero-order valence-electron chi connectivity index (χ0n) is 25.9. The van der Waals surface area contributed by atoms with Crippen LogP contribution in [0.2, 0.25) is 0 Å². The highest BCUT2D eigenvalue weighted by atomic mass is 16.5. The summed E-state index contributed by atoms with van der Waals surface area (Å²) in [6, 6.07) is 18.7. The molecule has 240 valence electrons. The van der Waals surface area contributed by atoms with Crippen molar-refractivity contribution < 1.29 is 33.4 Å². The molecule has 1 aromatic heterocycles. The highest BCUT2D eigenvalue weighted by molar-refractivity contribution is 5.98. The number of carbonyl (C=O) groups excluding carboxylic acids is 4. The van der Waals surface area contributed by atoms with E-state index in [0.29, 0.717) is 29.2 Å². The van der Waals surface area contributed by atoms with Crippen molar-refractivity contribution in [2.45, 2.75) is 31.5 Å². The number of piperazine rings is 1. The van der Waals surface area contributed by atoms with E-state index in [4.69, 9.17) is 14.2 Å². The van der Waals surface area contributed by atoms with Crippen LogP contribution in [0.1, 0.15) is 16.7 Å². The largest absolute Gasteiger partial charge is 0.493 e. The number of para-hydroxylation sites is 1. The third kappa shape index (κ3) is 7.40. The van der Waals surface area contributed by atoms with Gasteiger partial charge < -0.3 is 40.0 Å². The zero-order valence-corrected chi connectivity index (χ0v) is 25.9. The van der Waals surface area contributed by atoms with E-state index in [0.717, 1.165) is 22.0 Å². The molecule has 4 amide bonds. The molecule has 0 bridgehead atoms. The SMILES string of the molecule is COc1cc(CNC(=O)C(Cc2c[nH]c3ccccc23)NC(=O)CN2CC(=O)NC(Cc3ccccc3)C2=O)cc(OC)c1OC. The maximum absolute atomic E-state index is 13.6. The first-order chi connectivity index (χ1) is 22.3. The van der Waals surface area contributed by atoms with Gasteiger partial charge in [0, 0.05) is 36.5 Å². The van der Waals surface area contributed by atoms with Crippen molar-refractivity contribution in [3.8, 4) is 17.2 Å². The normalized spacial score (nSPS) is 15.2. The van der Waals surface area contributed by atoms with Crippen molar-refractivity contribution in [2.24, 2.45) is 0 Å². The van der Waals surface area contributed by atoms with Crippen LogP contribution in [0.4, 0.5) is 0 Å². The van der Waals surface area contributed by atoms with Crippen LogP contribution in [0.25, 0.3) is 10.9 Å². The summed E-state index contributed by atoms with van der Waals surface area (Å²) in [5.74, 6) is -0.403. The number of fused-ring (bicyclic) bond motifs is 1. The minimum atomic E-state index is -0.984. The van der Waals surface area contributed by atoms with Crippen LogP contribution < -0.4 is 30.2 Å². The quantitative estimate of drug-likeness (QED) is 0.177. The van der Waals surface area contributed by atoms with Crippen molar-refractivity contribution in [3.05, 3.63) is 89.6 Å². The topological polar surface area (TPSA) is 151 Å². The lowest BCUT2D eigenvalue weighted by Crippen LogP contribution is -2.61. The monoisotopic (exact) mass is 627 g/mol. The Kier molecular flexibility index (Phi) is 10.1. The minimum Gasteiger partial charge on any atom is -0.493 e. The van der Waals surface area contributed by atoms with Gasteiger partial charge in [0.25, 0.3) is 0 Å². The van der Waals surface area contributed by atoms with Crippen molar-refractivity contribution in [1.82, 2.24) is 25.8 Å². The molecule has 12 nitrogen and oxygen atoms in total. The molecule has 1 aliphatic heterocycles. The first-order valence-electron chi connectivity index (χ1n) is 14.8. The lowest BCUT2D eigenvalue weighted by molar-refractivity contribution is -0.146. The van der Waals surface area contributed by atoms with Crippen molar-refractivity contribution in [1.29, 1.82) is 0 Å². The van der Waals surface area contributed by atoms with E-state index >= 15 is 0 Å². The minimum absolute atomic E-state index is 0.113. The van der Waals surface area contributed by atoms with E-state index in [-0.39, 0.29) is 37.9 Å². The molecule has 12 heteroatoms. The number of nitrogens with one attached hydrogen (secondary N) is 4. The van der Waals surface area contributed by atoms with E-state index in [1.165, 1.54) is 26.2 Å². The third-order valence-corrected chi connectivity index (χ3v) is 7.84. The van der Waals surface area contributed by atoms with Gasteiger partial charge >= 0.3 is 0 Å². The number of hydrogen-bond donors (Lipinski definition) is 4. The molecule has 4 N–H and O–H groups in total. The molecule has 3 aromatic carbocycles. The maximum atomic E-state index is 13.6. The fourth-order valence-electron chi connectivity index (χ4n) is 5.59. The number of rotatable bonds is 13. The molecular weight excluding hydrogens is 590 g/mol. The van der Waals surface area contributed by atoms with Gasteiger partial charge in [-0.2, -0.15) is 0 Å². The van der Waals surface area contributed by atoms with E-state index in [1.54, 1.807) is 12.1 Å². The maximum Gasteiger partial charge on any atom is 0.246 e. The standard InChI is InChI=1S/C34H37N5O7/c1-44-28-14-22(15-29(45-2)32(28)46-3)17-36-33(42)26(16-23-18-35-25-12-8-7-11-24(23)25)37-30(40)19-39-20-31(41)38-27(34(39)43)13-21-9-5-4-6-10-21/h4-12,14-15,18,26-27,35H,13,16-17,19-20H2,1-3H3,(H,36,42)(H,37,40)(H,38,41). The second kappa shape index (κ2) is 14.5. The van der Waals surface area contributed by atoms with Crippen LogP contribution in [0, 0.1) is 0 Å². The second-order valence-corrected chi connectivity index (χ2v) is 10.9. The number of carbonyl (C=O) groups is 4. The fraction of sp³-hybridized carbons (Fsp3) is 0.294. The molecular formula is C34H37N5O7. The summed E-state index contributed by atoms with van der Waals surface area (Å²) in [5, 5.41) is 9.35. The summed E-state index contributed by atoms with van der Waals surface area (Å²) >= 11 is 0. The molecule has 1 fully saturated rings. The second-order valence-electron chi connectivity index (χ2n) is 10.9. The van der Waals surface area contributed by atoms with Crippen LogP contribution in [0.5, 0.6) is 17.2 Å². The van der Waals surface area contributed by atoms with Gasteiger partial charge in [0.2, 0.25) is 29.4 Å². The molecule has 2 heterocycles. The van der Waals surface area contributed by atoms with Crippen LogP contribution in [0.15, 0.2) is 72.9 Å². The molecule has 5 rings (SSSR count). The number of benzene rings is 3. The van der Waals surface area contributed by atoms with Gasteiger partial charge in [0.15, 0.2) is 11.5 Å². The Morgan fingerprint density at radius 3 is 2.33 bits per heavy atom. The summed E-state index contributed by atoms with van der Waals surface area (Å²) in [6.07, 6.45) is 2.29. The Morgan fingerprint density at radius 1 is 0.935 bits per heavy atom. The number of methoxy groups -OCH3 is 3. The first kappa shape index (κ1) is 31.9. The first-order valence-corrected chi connectivity index (χ1v) is 14.8. The number of amides is 4. The molecule has 2 atom stereocenters. The third-order valence-electron chi connectivity index (χ3n) is 7.84. The predicted octanol–water partition coefficient (Wildman–Crippen LogP) is 2.11. The highest BCUT2D eigenvalue weighted by Crippen LogP contribution is 2.38. The molecule has 46 heavy (non-hydrogen) atoms. The smallest absolute Gasteiger partial charge is 0.246 e. The number of H-pyrrole nitrogens is 1. The van der Waals surface area contributed by atoms with Crippen LogP contribution >= 0.6 is 0 Å². The van der Waals surface area contributed by atoms with Gasteiger partial charge in [-0.05, 0) is 34.9 Å². The van der Waals surface area contributed by atoms with E-state index in [2.05, 4.69) is 20.9 Å². The average Bonchev–Trinajstić information content (AvgIpc) is 3.47. The molecule has 4 aromatic rings. The summed E-state index contributed by atoms with van der Waals surface area (Å²) < 4.78 is 16.2. The molecule has 0 saturated carbocycles. The van der Waals surface area contributed by atoms with E-state index in [9.17, 15) is 19.2 Å². The van der Waals surface area contributed by atoms with Crippen LogP contribution in [-0.2, 0) is 38.6 Å². The van der Waals surface area contributed by atoms with Gasteiger partial charge in [0.05, 0.1) is 21.3 Å². The van der Waals surface area contributed by atoms with Gasteiger partial charge in [-0.1, -0.05) is 48.5 Å². The van der Waals surface area contributed by atoms with Gasteiger partial charge in [-0.3, -0.25) is 19.2 Å². The number of nitrogens with zero attached hydrogens (tertiary/aromatic N) is 1. The molecule has 1 saturated heterocycles. The van der Waals surface area contributed by atoms with Gasteiger partial charge in [0.1, 0.15) is 25.2 Å². The lowest BCUT2D eigenvalue weighted by atomic mass is 10.0. The number of aromatic amines is 1. The summed E-state index contributed by atoms with van der Waals surface area (Å²) in [5.41, 5.74) is 3.30. The molecule has 0 spiro atoms. The number of hydrogen-bond acceptors (Lipinski definition) is 7. The predicted molar refractivity (Wildman–Crippen MR) is 171 cm³/mol. The Hall–Kier alpha value is -5.52. The van der Waals surface area contributed by atoms with Crippen molar-refractivity contribution >= 4 is 34.5 Å². The van der Waals surface area contributed by atoms with Crippen molar-refractivity contribution in [2.75, 3.05) is 34.4 Å².